The third kappa shape index (κ3) is 5.52. The fourth-order valence-corrected chi connectivity index (χ4v) is 1.53. The first kappa shape index (κ1) is 15.2. The van der Waals surface area contributed by atoms with E-state index in [9.17, 15) is 9.59 Å². The van der Waals surface area contributed by atoms with E-state index in [2.05, 4.69) is 36.6 Å². The molecule has 19 heavy (non-hydrogen) atoms. The number of benzene rings is 1. The molecule has 0 aliphatic carbocycles. The number of amides is 2. The fourth-order valence-electron chi connectivity index (χ4n) is 1.53. The average Bonchev–Trinajstić information content (AvgIpc) is 2.42. The van der Waals surface area contributed by atoms with Crippen LogP contribution in [0.25, 0.3) is 0 Å². The molecule has 0 fully saturated rings. The SMILES string of the molecule is CC(C)c1ccc(CNC(=O)CNC(=O)CN)cc1. The summed E-state index contributed by atoms with van der Waals surface area (Å²) in [5.74, 6) is -0.0683. The molecule has 0 aromatic heterocycles. The Hall–Kier alpha value is -1.88. The molecule has 1 rings (SSSR count). The van der Waals surface area contributed by atoms with Gasteiger partial charge in [-0.2, -0.15) is 0 Å². The number of hydrogen-bond donors (Lipinski definition) is 3. The van der Waals surface area contributed by atoms with Gasteiger partial charge in [-0.05, 0) is 17.0 Å². The van der Waals surface area contributed by atoms with E-state index in [1.54, 1.807) is 0 Å². The Morgan fingerprint density at radius 1 is 1.11 bits per heavy atom. The molecule has 1 aromatic rings. The van der Waals surface area contributed by atoms with Gasteiger partial charge in [-0.25, -0.2) is 0 Å². The van der Waals surface area contributed by atoms with Crippen LogP contribution >= 0.6 is 0 Å². The summed E-state index contributed by atoms with van der Waals surface area (Å²) in [4.78, 5) is 22.3. The zero-order chi connectivity index (χ0) is 14.3. The van der Waals surface area contributed by atoms with E-state index in [4.69, 9.17) is 5.73 Å². The quantitative estimate of drug-likeness (QED) is 0.699. The lowest BCUT2D eigenvalue weighted by Gasteiger charge is -2.08. The van der Waals surface area contributed by atoms with E-state index < -0.39 is 0 Å². The van der Waals surface area contributed by atoms with Crippen LogP contribution in [-0.4, -0.2) is 24.9 Å². The van der Waals surface area contributed by atoms with Gasteiger partial charge in [-0.3, -0.25) is 9.59 Å². The molecule has 0 heterocycles. The minimum absolute atomic E-state index is 0.0416. The van der Waals surface area contributed by atoms with Crippen molar-refractivity contribution < 1.29 is 9.59 Å². The Balaban J connectivity index is 2.35. The zero-order valence-electron chi connectivity index (χ0n) is 11.4. The van der Waals surface area contributed by atoms with E-state index >= 15 is 0 Å². The molecule has 0 bridgehead atoms. The number of nitrogens with two attached hydrogens (primary N) is 1. The molecule has 0 saturated carbocycles. The third-order valence-electron chi connectivity index (χ3n) is 2.77. The topological polar surface area (TPSA) is 84.2 Å². The van der Waals surface area contributed by atoms with Crippen molar-refractivity contribution in [1.29, 1.82) is 0 Å². The van der Waals surface area contributed by atoms with E-state index in [0.717, 1.165) is 5.56 Å². The van der Waals surface area contributed by atoms with Gasteiger partial charge in [0, 0.05) is 6.54 Å². The Morgan fingerprint density at radius 2 is 1.74 bits per heavy atom. The number of nitrogens with one attached hydrogen (secondary N) is 2. The van der Waals surface area contributed by atoms with Crippen molar-refractivity contribution in [1.82, 2.24) is 10.6 Å². The summed E-state index contributed by atoms with van der Waals surface area (Å²) < 4.78 is 0. The highest BCUT2D eigenvalue weighted by Gasteiger charge is 2.04. The predicted octanol–water partition coefficient (Wildman–Crippen LogP) is 0.501. The Kier molecular flexibility index (Phi) is 6.02. The Morgan fingerprint density at radius 3 is 2.26 bits per heavy atom. The summed E-state index contributed by atoms with van der Waals surface area (Å²) in [7, 11) is 0. The van der Waals surface area contributed by atoms with E-state index in [-0.39, 0.29) is 24.9 Å². The molecule has 0 aliphatic heterocycles. The van der Waals surface area contributed by atoms with Crippen LogP contribution in [0.2, 0.25) is 0 Å². The second kappa shape index (κ2) is 7.53. The standard InChI is InChI=1S/C14H21N3O2/c1-10(2)12-5-3-11(4-6-12)8-16-14(19)9-17-13(18)7-15/h3-6,10H,7-9,15H2,1-2H3,(H,16,19)(H,17,18). The van der Waals surface area contributed by atoms with Gasteiger partial charge in [0.25, 0.3) is 0 Å². The first-order valence-corrected chi connectivity index (χ1v) is 6.35. The van der Waals surface area contributed by atoms with Crippen molar-refractivity contribution in [2.45, 2.75) is 26.3 Å². The molecule has 0 atom stereocenters. The van der Waals surface area contributed by atoms with Gasteiger partial charge in [-0.15, -0.1) is 0 Å². The maximum atomic E-state index is 11.4. The minimum Gasteiger partial charge on any atom is -0.350 e. The highest BCUT2D eigenvalue weighted by atomic mass is 16.2. The lowest BCUT2D eigenvalue weighted by molar-refractivity contribution is -0.125. The van der Waals surface area contributed by atoms with Crippen LogP contribution in [0.1, 0.15) is 30.9 Å². The molecule has 1 aromatic carbocycles. The lowest BCUT2D eigenvalue weighted by Crippen LogP contribution is -2.39. The van der Waals surface area contributed by atoms with Gasteiger partial charge in [-0.1, -0.05) is 38.1 Å². The summed E-state index contributed by atoms with van der Waals surface area (Å²) in [6, 6.07) is 8.10. The number of carbonyl (C=O) groups excluding carboxylic acids is 2. The summed E-state index contributed by atoms with van der Waals surface area (Å²) in [5.41, 5.74) is 7.42. The summed E-state index contributed by atoms with van der Waals surface area (Å²) >= 11 is 0. The first-order chi connectivity index (χ1) is 9.02. The van der Waals surface area contributed by atoms with Crippen LogP contribution in [0.3, 0.4) is 0 Å². The van der Waals surface area contributed by atoms with Crippen molar-refractivity contribution in [2.24, 2.45) is 5.73 Å². The summed E-state index contributed by atoms with van der Waals surface area (Å²) in [5, 5.41) is 5.15. The molecule has 5 heteroatoms. The van der Waals surface area contributed by atoms with Crippen LogP contribution in [0, 0.1) is 0 Å². The van der Waals surface area contributed by atoms with Gasteiger partial charge in [0.1, 0.15) is 0 Å². The second-order valence-electron chi connectivity index (χ2n) is 4.65. The third-order valence-corrected chi connectivity index (χ3v) is 2.77. The average molecular weight is 263 g/mol. The number of hydrogen-bond acceptors (Lipinski definition) is 3. The van der Waals surface area contributed by atoms with Crippen molar-refractivity contribution >= 4 is 11.8 Å². The molecule has 0 aliphatic rings. The zero-order valence-corrected chi connectivity index (χ0v) is 11.4. The highest BCUT2D eigenvalue weighted by Crippen LogP contribution is 2.14. The predicted molar refractivity (Wildman–Crippen MR) is 74.4 cm³/mol. The monoisotopic (exact) mass is 263 g/mol. The summed E-state index contributed by atoms with van der Waals surface area (Å²) in [6.45, 7) is 4.58. The van der Waals surface area contributed by atoms with Crippen molar-refractivity contribution in [3.63, 3.8) is 0 Å². The number of rotatable bonds is 6. The molecule has 0 radical (unpaired) electrons. The largest absolute Gasteiger partial charge is 0.350 e. The van der Waals surface area contributed by atoms with E-state index in [1.807, 2.05) is 12.1 Å². The molecule has 0 saturated heterocycles. The molecule has 2 amide bonds. The van der Waals surface area contributed by atoms with E-state index in [0.29, 0.717) is 12.5 Å². The van der Waals surface area contributed by atoms with Crippen molar-refractivity contribution in [3.05, 3.63) is 35.4 Å². The summed E-state index contributed by atoms with van der Waals surface area (Å²) in [6.07, 6.45) is 0. The highest BCUT2D eigenvalue weighted by molar-refractivity contribution is 5.85. The van der Waals surface area contributed by atoms with Gasteiger partial charge in [0.05, 0.1) is 13.1 Å². The van der Waals surface area contributed by atoms with Crippen molar-refractivity contribution in [3.8, 4) is 0 Å². The molecule has 5 nitrogen and oxygen atoms in total. The van der Waals surface area contributed by atoms with Gasteiger partial charge in [0.15, 0.2) is 0 Å². The van der Waals surface area contributed by atoms with Crippen LogP contribution < -0.4 is 16.4 Å². The second-order valence-corrected chi connectivity index (χ2v) is 4.65. The van der Waals surface area contributed by atoms with Gasteiger partial charge < -0.3 is 16.4 Å². The van der Waals surface area contributed by atoms with Gasteiger partial charge >= 0.3 is 0 Å². The molecule has 104 valence electrons. The first-order valence-electron chi connectivity index (χ1n) is 6.35. The maximum absolute atomic E-state index is 11.4. The smallest absolute Gasteiger partial charge is 0.239 e. The number of carbonyl (C=O) groups is 2. The minimum atomic E-state index is -0.337. The Bertz CT molecular complexity index is 427. The molecule has 4 N–H and O–H groups in total. The van der Waals surface area contributed by atoms with Crippen LogP contribution in [0.15, 0.2) is 24.3 Å². The van der Waals surface area contributed by atoms with Crippen molar-refractivity contribution in [2.75, 3.05) is 13.1 Å². The van der Waals surface area contributed by atoms with Crippen LogP contribution in [-0.2, 0) is 16.1 Å². The molecule has 0 spiro atoms. The van der Waals surface area contributed by atoms with Crippen LogP contribution in [0.5, 0.6) is 0 Å². The van der Waals surface area contributed by atoms with Crippen LogP contribution in [0.4, 0.5) is 0 Å². The van der Waals surface area contributed by atoms with Gasteiger partial charge in [0.2, 0.25) is 11.8 Å². The maximum Gasteiger partial charge on any atom is 0.239 e. The van der Waals surface area contributed by atoms with E-state index in [1.165, 1.54) is 5.56 Å². The lowest BCUT2D eigenvalue weighted by atomic mass is 10.0. The molecular weight excluding hydrogens is 242 g/mol. The molecule has 0 unspecified atom stereocenters. The Labute approximate surface area is 113 Å². The molecular formula is C14H21N3O2. The normalized spacial score (nSPS) is 10.3. The fraction of sp³-hybridized carbons (Fsp3) is 0.429.